The van der Waals surface area contributed by atoms with Crippen LogP contribution in [0, 0.1) is 0 Å². The van der Waals surface area contributed by atoms with Gasteiger partial charge in [0.15, 0.2) is 0 Å². The lowest BCUT2D eigenvalue weighted by Crippen LogP contribution is -2.40. The van der Waals surface area contributed by atoms with E-state index >= 15 is 0 Å². The van der Waals surface area contributed by atoms with Gasteiger partial charge in [-0.15, -0.1) is 10.2 Å². The molecule has 1 unspecified atom stereocenters. The summed E-state index contributed by atoms with van der Waals surface area (Å²) in [5, 5.41) is 11.6. The van der Waals surface area contributed by atoms with Crippen molar-refractivity contribution in [2.75, 3.05) is 18.4 Å². The van der Waals surface area contributed by atoms with Crippen LogP contribution in [0.1, 0.15) is 52.8 Å². The maximum Gasteiger partial charge on any atom is 0.416 e. The van der Waals surface area contributed by atoms with Crippen LogP contribution in [0.15, 0.2) is 42.6 Å². The number of benzene rings is 1. The van der Waals surface area contributed by atoms with Gasteiger partial charge in [0, 0.05) is 43.9 Å². The fourth-order valence-electron chi connectivity index (χ4n) is 4.61. The molecule has 1 amide bonds. The number of anilines is 2. The summed E-state index contributed by atoms with van der Waals surface area (Å²) in [4.78, 5) is 19.4. The molecule has 1 fully saturated rings. The van der Waals surface area contributed by atoms with E-state index in [0.29, 0.717) is 18.7 Å². The number of nitrogens with zero attached hydrogens (tertiary/aromatic N) is 5. The predicted molar refractivity (Wildman–Crippen MR) is 115 cm³/mol. The lowest BCUT2D eigenvalue weighted by molar-refractivity contribution is -0.137. The van der Waals surface area contributed by atoms with Crippen LogP contribution in [0.2, 0.25) is 0 Å². The van der Waals surface area contributed by atoms with Gasteiger partial charge in [-0.3, -0.25) is 4.79 Å². The summed E-state index contributed by atoms with van der Waals surface area (Å²) < 4.78 is 41.4. The van der Waals surface area contributed by atoms with Gasteiger partial charge in [0.1, 0.15) is 17.5 Å². The van der Waals surface area contributed by atoms with Crippen molar-refractivity contribution < 1.29 is 18.0 Å². The summed E-state index contributed by atoms with van der Waals surface area (Å²) in [5.41, 5.74) is -0.230. The Balaban J connectivity index is 1.36. The molecule has 7 nitrogen and oxygen atoms in total. The van der Waals surface area contributed by atoms with Crippen LogP contribution >= 0.6 is 0 Å². The van der Waals surface area contributed by atoms with Crippen molar-refractivity contribution in [2.45, 2.75) is 44.3 Å². The number of hydrogen-bond donors (Lipinski definition) is 1. The zero-order chi connectivity index (χ0) is 23.0. The number of pyridine rings is 1. The Hall–Kier alpha value is -3.43. The number of likely N-dealkylation sites (tertiary alicyclic amines) is 1. The zero-order valence-corrected chi connectivity index (χ0v) is 17.8. The van der Waals surface area contributed by atoms with Gasteiger partial charge in [-0.1, -0.05) is 6.07 Å². The topological polar surface area (TPSA) is 75.9 Å². The van der Waals surface area contributed by atoms with E-state index < -0.39 is 11.7 Å². The number of hydrogen-bond acceptors (Lipinski definition) is 5. The van der Waals surface area contributed by atoms with Crippen molar-refractivity contribution in [2.24, 2.45) is 0 Å². The fourth-order valence-corrected chi connectivity index (χ4v) is 4.61. The molecule has 1 saturated heterocycles. The Bertz CT molecular complexity index is 1170. The quantitative estimate of drug-likeness (QED) is 0.630. The molecule has 4 heterocycles. The molecule has 0 bridgehead atoms. The Morgan fingerprint density at radius 3 is 2.82 bits per heavy atom. The molecule has 1 aromatic carbocycles. The van der Waals surface area contributed by atoms with E-state index in [1.54, 1.807) is 17.0 Å². The highest BCUT2D eigenvalue weighted by Crippen LogP contribution is 2.33. The number of carbonyl (C=O) groups is 1. The number of aryl methyl sites for hydroxylation is 1. The number of rotatable bonds is 4. The smallest absolute Gasteiger partial charge is 0.340 e. The first-order valence-corrected chi connectivity index (χ1v) is 11.0. The first-order chi connectivity index (χ1) is 15.9. The summed E-state index contributed by atoms with van der Waals surface area (Å²) in [6, 6.07) is 8.14. The van der Waals surface area contributed by atoms with E-state index in [0.717, 1.165) is 56.0 Å². The third-order valence-corrected chi connectivity index (χ3v) is 6.20. The zero-order valence-electron chi connectivity index (χ0n) is 17.8. The summed E-state index contributed by atoms with van der Waals surface area (Å²) in [7, 11) is 0. The Morgan fingerprint density at radius 2 is 1.97 bits per heavy atom. The van der Waals surface area contributed by atoms with E-state index in [4.69, 9.17) is 0 Å². The van der Waals surface area contributed by atoms with Crippen LogP contribution in [0.4, 0.5) is 24.7 Å². The molecular formula is C23H23F3N6O. The van der Waals surface area contributed by atoms with E-state index in [1.807, 2.05) is 0 Å². The fraction of sp³-hybridized carbons (Fsp3) is 0.391. The average molecular weight is 456 g/mol. The molecule has 1 atom stereocenters. The molecule has 0 aliphatic carbocycles. The van der Waals surface area contributed by atoms with Crippen LogP contribution in [0.25, 0.3) is 0 Å². The highest BCUT2D eigenvalue weighted by atomic mass is 19.4. The van der Waals surface area contributed by atoms with Gasteiger partial charge in [-0.2, -0.15) is 13.2 Å². The second-order valence-corrected chi connectivity index (χ2v) is 8.42. The van der Waals surface area contributed by atoms with Crippen LogP contribution < -0.4 is 5.32 Å². The van der Waals surface area contributed by atoms with Crippen molar-refractivity contribution in [1.29, 1.82) is 0 Å². The van der Waals surface area contributed by atoms with Gasteiger partial charge < -0.3 is 14.8 Å². The van der Waals surface area contributed by atoms with Crippen LogP contribution in [-0.4, -0.2) is 43.6 Å². The van der Waals surface area contributed by atoms with Crippen molar-refractivity contribution >= 4 is 17.4 Å². The molecule has 0 radical (unpaired) electrons. The largest absolute Gasteiger partial charge is 0.416 e. The molecule has 0 saturated carbocycles. The van der Waals surface area contributed by atoms with Gasteiger partial charge >= 0.3 is 6.18 Å². The molecule has 2 aromatic heterocycles. The molecule has 172 valence electrons. The SMILES string of the molecule is O=C(c1cccnc1Nc1cccc(C(F)(F)F)c1)N1CCCC(c2nnc3n2CCC3)C1. The maximum absolute atomic E-state index is 13.4. The number of piperidine rings is 1. The first kappa shape index (κ1) is 21.4. The molecule has 5 rings (SSSR count). The Labute approximate surface area is 188 Å². The van der Waals surface area contributed by atoms with E-state index in [1.165, 1.54) is 18.3 Å². The third-order valence-electron chi connectivity index (χ3n) is 6.20. The second kappa shape index (κ2) is 8.49. The van der Waals surface area contributed by atoms with Crippen LogP contribution in [-0.2, 0) is 19.1 Å². The number of fused-ring (bicyclic) bond motifs is 1. The highest BCUT2D eigenvalue weighted by Gasteiger charge is 2.32. The lowest BCUT2D eigenvalue weighted by atomic mass is 9.96. The number of alkyl halides is 3. The first-order valence-electron chi connectivity index (χ1n) is 11.0. The summed E-state index contributed by atoms with van der Waals surface area (Å²) in [6.45, 7) is 2.04. The summed E-state index contributed by atoms with van der Waals surface area (Å²) in [5.74, 6) is 2.08. The maximum atomic E-state index is 13.4. The summed E-state index contributed by atoms with van der Waals surface area (Å²) in [6.07, 6.45) is 0.825. The Morgan fingerprint density at radius 1 is 1.09 bits per heavy atom. The average Bonchev–Trinajstić information content (AvgIpc) is 3.43. The molecule has 3 aromatic rings. The van der Waals surface area contributed by atoms with Gasteiger partial charge in [0.2, 0.25) is 0 Å². The standard InChI is InChI=1S/C23H23F3N6O/c24-23(25,26)16-6-1-7-17(13-16)28-20-18(8-2-10-27-20)22(33)31-11-3-5-15(14-31)21-30-29-19-9-4-12-32(19)21/h1-2,6-8,10,13,15H,3-5,9,11-12,14H2,(H,27,28). The van der Waals surface area contributed by atoms with Crippen molar-refractivity contribution in [3.63, 3.8) is 0 Å². The van der Waals surface area contributed by atoms with Gasteiger partial charge in [-0.25, -0.2) is 4.98 Å². The molecule has 2 aliphatic rings. The van der Waals surface area contributed by atoms with Crippen molar-refractivity contribution in [1.82, 2.24) is 24.6 Å². The van der Waals surface area contributed by atoms with E-state index in [-0.39, 0.29) is 23.3 Å². The predicted octanol–water partition coefficient (Wildman–Crippen LogP) is 4.40. The lowest BCUT2D eigenvalue weighted by Gasteiger charge is -2.32. The second-order valence-electron chi connectivity index (χ2n) is 8.42. The number of aromatic nitrogens is 4. The van der Waals surface area contributed by atoms with Gasteiger partial charge in [0.25, 0.3) is 5.91 Å². The molecular weight excluding hydrogens is 433 g/mol. The normalized spacial score (nSPS) is 18.3. The van der Waals surface area contributed by atoms with E-state index in [9.17, 15) is 18.0 Å². The summed E-state index contributed by atoms with van der Waals surface area (Å²) >= 11 is 0. The number of amides is 1. The third kappa shape index (κ3) is 4.29. The van der Waals surface area contributed by atoms with Gasteiger partial charge in [-0.05, 0) is 49.6 Å². The molecule has 0 spiro atoms. The van der Waals surface area contributed by atoms with Crippen molar-refractivity contribution in [3.05, 3.63) is 65.4 Å². The number of halogens is 3. The van der Waals surface area contributed by atoms with Crippen molar-refractivity contribution in [3.8, 4) is 0 Å². The molecule has 10 heteroatoms. The monoisotopic (exact) mass is 456 g/mol. The Kier molecular flexibility index (Phi) is 5.51. The minimum absolute atomic E-state index is 0.110. The molecule has 2 aliphatic heterocycles. The number of carbonyl (C=O) groups excluding carboxylic acids is 1. The highest BCUT2D eigenvalue weighted by molar-refractivity contribution is 5.99. The van der Waals surface area contributed by atoms with Gasteiger partial charge in [0.05, 0.1) is 11.1 Å². The van der Waals surface area contributed by atoms with Crippen LogP contribution in [0.3, 0.4) is 0 Å². The number of nitrogens with one attached hydrogen (secondary N) is 1. The van der Waals surface area contributed by atoms with E-state index in [2.05, 4.69) is 25.1 Å². The molecule has 1 N–H and O–H groups in total. The molecule has 33 heavy (non-hydrogen) atoms. The minimum Gasteiger partial charge on any atom is -0.340 e. The van der Waals surface area contributed by atoms with Crippen LogP contribution in [0.5, 0.6) is 0 Å². The minimum atomic E-state index is -4.45.